The number of nitrogens with two attached hydrogens (primary N) is 1. The summed E-state index contributed by atoms with van der Waals surface area (Å²) in [5.41, 5.74) is 7.98. The number of methoxy groups -OCH3 is 1. The van der Waals surface area contributed by atoms with E-state index < -0.39 is 23.4 Å². The largest absolute Gasteiger partial charge is 0.496 e. The Labute approximate surface area is 226 Å². The van der Waals surface area contributed by atoms with Crippen LogP contribution in [0.1, 0.15) is 54.7 Å². The molecule has 2 amide bonds. The number of halogens is 1. The van der Waals surface area contributed by atoms with Gasteiger partial charge in [-0.05, 0) is 51.0 Å². The first-order chi connectivity index (χ1) is 18.5. The second kappa shape index (κ2) is 11.0. The Kier molecular flexibility index (Phi) is 7.76. The normalized spacial score (nSPS) is 15.1. The van der Waals surface area contributed by atoms with E-state index >= 15 is 0 Å². The molecule has 10 nitrogen and oxygen atoms in total. The van der Waals surface area contributed by atoms with E-state index in [1.807, 2.05) is 20.8 Å². The third kappa shape index (κ3) is 6.12. The average molecular weight is 535 g/mol. The van der Waals surface area contributed by atoms with E-state index in [2.05, 4.69) is 16.5 Å². The molecule has 4 rings (SSSR count). The maximum Gasteiger partial charge on any atom is 0.410 e. The maximum atomic E-state index is 13.6. The van der Waals surface area contributed by atoms with Crippen LogP contribution < -0.4 is 15.8 Å². The summed E-state index contributed by atoms with van der Waals surface area (Å²) in [6, 6.07) is 12.9. The van der Waals surface area contributed by atoms with Crippen molar-refractivity contribution in [3.63, 3.8) is 0 Å². The van der Waals surface area contributed by atoms with Gasteiger partial charge >= 0.3 is 6.09 Å². The smallest absolute Gasteiger partial charge is 0.410 e. The molecule has 11 heteroatoms. The van der Waals surface area contributed by atoms with E-state index in [0.29, 0.717) is 30.8 Å². The van der Waals surface area contributed by atoms with Crippen molar-refractivity contribution in [3.05, 3.63) is 65.0 Å². The monoisotopic (exact) mass is 534 g/mol. The molecule has 2 heterocycles. The fraction of sp³-hybridized carbons (Fsp3) is 0.357. The minimum absolute atomic E-state index is 0.103. The van der Waals surface area contributed by atoms with Crippen LogP contribution >= 0.6 is 0 Å². The Morgan fingerprint density at radius 3 is 2.59 bits per heavy atom. The molecule has 1 atom stereocenters. The van der Waals surface area contributed by atoms with Crippen LogP contribution in [0.3, 0.4) is 0 Å². The molecule has 2 aromatic carbocycles. The molecule has 1 aromatic heterocycles. The number of nitrogens with one attached hydrogen (secondary N) is 1. The van der Waals surface area contributed by atoms with Gasteiger partial charge in [-0.25, -0.2) is 13.9 Å². The number of amides is 2. The third-order valence-electron chi connectivity index (χ3n) is 6.31. The van der Waals surface area contributed by atoms with E-state index in [4.69, 9.17) is 15.2 Å². The standard InChI is InChI=1S/C28H31FN6O4/c1-28(2,3)39-27(37)34-12-11-20(16-34)35-25(31)22(14-30)24(33-35)18-7-5-17(6-8-18)15-32-26(36)21-13-19(29)9-10-23(21)38-4/h5-10,13,20H,11-12,15-16,31H2,1-4H3,(H,32,36)/t20-/m0/s1. The summed E-state index contributed by atoms with van der Waals surface area (Å²) >= 11 is 0. The molecule has 204 valence electrons. The van der Waals surface area contributed by atoms with Gasteiger partial charge in [0, 0.05) is 25.2 Å². The minimum Gasteiger partial charge on any atom is -0.496 e. The topological polar surface area (TPSA) is 136 Å². The quantitative estimate of drug-likeness (QED) is 0.482. The molecule has 0 saturated carbocycles. The van der Waals surface area contributed by atoms with Crippen LogP contribution in [0.5, 0.6) is 5.75 Å². The number of nitriles is 1. The van der Waals surface area contributed by atoms with E-state index in [-0.39, 0.29) is 35.3 Å². The SMILES string of the molecule is COc1ccc(F)cc1C(=O)NCc1ccc(-c2nn([C@H]3CCN(C(=O)OC(C)(C)C)C3)c(N)c2C#N)cc1. The number of carbonyl (C=O) groups excluding carboxylic acids is 2. The van der Waals surface area contributed by atoms with Crippen LogP contribution in [0.2, 0.25) is 0 Å². The zero-order valence-corrected chi connectivity index (χ0v) is 22.3. The van der Waals surface area contributed by atoms with E-state index in [0.717, 1.165) is 11.6 Å². The predicted octanol–water partition coefficient (Wildman–Crippen LogP) is 4.26. The number of anilines is 1. The second-order valence-corrected chi connectivity index (χ2v) is 10.3. The summed E-state index contributed by atoms with van der Waals surface area (Å²) in [5, 5.41) is 17.2. The van der Waals surface area contributed by atoms with Crippen molar-refractivity contribution in [2.75, 3.05) is 25.9 Å². The van der Waals surface area contributed by atoms with Gasteiger partial charge in [0.05, 0.1) is 18.7 Å². The average Bonchev–Trinajstić information content (AvgIpc) is 3.51. The Morgan fingerprint density at radius 1 is 1.23 bits per heavy atom. The highest BCUT2D eigenvalue weighted by Gasteiger charge is 2.33. The zero-order chi connectivity index (χ0) is 28.3. The van der Waals surface area contributed by atoms with Crippen LogP contribution in [0.15, 0.2) is 42.5 Å². The number of nitrogen functional groups attached to an aromatic ring is 1. The van der Waals surface area contributed by atoms with E-state index in [1.165, 1.54) is 19.2 Å². The molecule has 1 saturated heterocycles. The van der Waals surface area contributed by atoms with Crippen LogP contribution in [0.25, 0.3) is 11.3 Å². The lowest BCUT2D eigenvalue weighted by Crippen LogP contribution is -2.35. The lowest BCUT2D eigenvalue weighted by atomic mass is 10.1. The van der Waals surface area contributed by atoms with Crippen molar-refractivity contribution in [3.8, 4) is 23.1 Å². The number of hydrogen-bond acceptors (Lipinski definition) is 7. The molecule has 0 aliphatic carbocycles. The highest BCUT2D eigenvalue weighted by atomic mass is 19.1. The minimum atomic E-state index is -0.595. The van der Waals surface area contributed by atoms with E-state index in [1.54, 1.807) is 33.8 Å². The van der Waals surface area contributed by atoms with Gasteiger partial charge in [-0.1, -0.05) is 24.3 Å². The Hall–Kier alpha value is -4.59. The number of likely N-dealkylation sites (tertiary alicyclic amines) is 1. The molecule has 1 fully saturated rings. The number of nitrogens with zero attached hydrogens (tertiary/aromatic N) is 4. The van der Waals surface area contributed by atoms with Crippen LogP contribution in [0, 0.1) is 17.1 Å². The van der Waals surface area contributed by atoms with Gasteiger partial charge in [0.2, 0.25) is 0 Å². The van der Waals surface area contributed by atoms with Gasteiger partial charge in [-0.3, -0.25) is 4.79 Å². The fourth-order valence-corrected chi connectivity index (χ4v) is 4.39. The molecule has 0 spiro atoms. The van der Waals surface area contributed by atoms with Crippen LogP contribution in [0.4, 0.5) is 15.0 Å². The van der Waals surface area contributed by atoms with Gasteiger partial charge < -0.3 is 25.4 Å². The summed E-state index contributed by atoms with van der Waals surface area (Å²) in [7, 11) is 1.41. The van der Waals surface area contributed by atoms with Gasteiger partial charge in [0.25, 0.3) is 5.91 Å². The zero-order valence-electron chi connectivity index (χ0n) is 22.3. The van der Waals surface area contributed by atoms with Crippen molar-refractivity contribution >= 4 is 17.8 Å². The number of hydrogen-bond donors (Lipinski definition) is 2. The number of aromatic nitrogens is 2. The van der Waals surface area contributed by atoms with Crippen molar-refractivity contribution in [1.82, 2.24) is 20.0 Å². The second-order valence-electron chi connectivity index (χ2n) is 10.3. The van der Waals surface area contributed by atoms with Gasteiger partial charge in [-0.2, -0.15) is 10.4 Å². The number of ether oxygens (including phenoxy) is 2. The number of rotatable bonds is 6. The number of benzene rings is 2. The summed E-state index contributed by atoms with van der Waals surface area (Å²) in [6.45, 7) is 6.52. The summed E-state index contributed by atoms with van der Waals surface area (Å²) < 4.78 is 25.8. The van der Waals surface area contributed by atoms with Crippen molar-refractivity contribution < 1.29 is 23.5 Å². The first kappa shape index (κ1) is 27.4. The first-order valence-corrected chi connectivity index (χ1v) is 12.5. The Balaban J connectivity index is 1.46. The molecule has 3 N–H and O–H groups in total. The summed E-state index contributed by atoms with van der Waals surface area (Å²) in [4.78, 5) is 26.7. The fourth-order valence-electron chi connectivity index (χ4n) is 4.39. The van der Waals surface area contributed by atoms with Crippen molar-refractivity contribution in [2.45, 2.75) is 45.4 Å². The highest BCUT2D eigenvalue weighted by Crippen LogP contribution is 2.32. The molecule has 1 aliphatic rings. The Morgan fingerprint density at radius 2 is 1.95 bits per heavy atom. The van der Waals surface area contributed by atoms with E-state index in [9.17, 15) is 19.2 Å². The first-order valence-electron chi connectivity index (χ1n) is 12.5. The predicted molar refractivity (Wildman–Crippen MR) is 142 cm³/mol. The van der Waals surface area contributed by atoms with Crippen LogP contribution in [-0.2, 0) is 11.3 Å². The molecule has 39 heavy (non-hydrogen) atoms. The molecule has 0 unspecified atom stereocenters. The lowest BCUT2D eigenvalue weighted by molar-refractivity contribution is 0.0288. The molecule has 3 aromatic rings. The molecular formula is C28H31FN6O4. The van der Waals surface area contributed by atoms with Gasteiger partial charge in [0.1, 0.15) is 40.3 Å². The highest BCUT2D eigenvalue weighted by molar-refractivity contribution is 5.96. The third-order valence-corrected chi connectivity index (χ3v) is 6.31. The molecule has 0 radical (unpaired) electrons. The van der Waals surface area contributed by atoms with Gasteiger partial charge in [-0.15, -0.1) is 0 Å². The molecular weight excluding hydrogens is 503 g/mol. The number of carbonyl (C=O) groups is 2. The molecule has 1 aliphatic heterocycles. The summed E-state index contributed by atoms with van der Waals surface area (Å²) in [5.74, 6) is -0.486. The van der Waals surface area contributed by atoms with Crippen molar-refractivity contribution in [1.29, 1.82) is 5.26 Å². The van der Waals surface area contributed by atoms with Crippen molar-refractivity contribution in [2.24, 2.45) is 0 Å². The van der Waals surface area contributed by atoms with Gasteiger partial charge in [0.15, 0.2) is 0 Å². The molecule has 0 bridgehead atoms. The Bertz CT molecular complexity index is 1420. The maximum absolute atomic E-state index is 13.6. The lowest BCUT2D eigenvalue weighted by Gasteiger charge is -2.24. The summed E-state index contributed by atoms with van der Waals surface area (Å²) in [6.07, 6.45) is 0.236. The van der Waals surface area contributed by atoms with Crippen LogP contribution in [-0.4, -0.2) is 52.5 Å².